The van der Waals surface area contributed by atoms with Gasteiger partial charge in [-0.15, -0.1) is 0 Å². The van der Waals surface area contributed by atoms with Crippen molar-refractivity contribution >= 4 is 0 Å². The molecule has 1 nitrogen and oxygen atoms in total. The van der Waals surface area contributed by atoms with Gasteiger partial charge in [-0.25, -0.2) is 0 Å². The van der Waals surface area contributed by atoms with E-state index >= 15 is 0 Å². The molecule has 0 unspecified atom stereocenters. The average Bonchev–Trinajstić information content (AvgIpc) is 2.53. The second kappa shape index (κ2) is 3.37. The molecule has 0 aromatic carbocycles. The molecule has 0 aromatic rings. The summed E-state index contributed by atoms with van der Waals surface area (Å²) in [6, 6.07) is 0. The summed E-state index contributed by atoms with van der Waals surface area (Å²) in [6.07, 6.45) is 10.2. The molecule has 0 saturated carbocycles. The predicted molar refractivity (Wildman–Crippen MR) is 61.4 cm³/mol. The summed E-state index contributed by atoms with van der Waals surface area (Å²) < 4.78 is 0. The second-order valence-electron chi connectivity index (χ2n) is 6.04. The standard InChI is InChI=1S/C13H23N/c1-12(2,3)14-10-8-13(9-11-14)6-4-5-7-13/h4-5H,6-11H2,1-3H3. The Morgan fingerprint density at radius 2 is 1.50 bits per heavy atom. The summed E-state index contributed by atoms with van der Waals surface area (Å²) in [5.74, 6) is 0. The van der Waals surface area contributed by atoms with Crippen LogP contribution < -0.4 is 0 Å². The molecule has 2 rings (SSSR count). The highest BCUT2D eigenvalue weighted by Gasteiger charge is 2.37. The lowest BCUT2D eigenvalue weighted by Crippen LogP contribution is -2.48. The first-order valence-corrected chi connectivity index (χ1v) is 5.92. The van der Waals surface area contributed by atoms with E-state index in [1.165, 1.54) is 38.8 Å². The van der Waals surface area contributed by atoms with Crippen molar-refractivity contribution in [1.29, 1.82) is 0 Å². The Morgan fingerprint density at radius 3 is 1.93 bits per heavy atom. The molecule has 0 aromatic heterocycles. The summed E-state index contributed by atoms with van der Waals surface area (Å²) in [5.41, 5.74) is 1.04. The summed E-state index contributed by atoms with van der Waals surface area (Å²) in [6.45, 7) is 9.59. The van der Waals surface area contributed by atoms with Crippen LogP contribution in [0.4, 0.5) is 0 Å². The van der Waals surface area contributed by atoms with Crippen molar-refractivity contribution in [1.82, 2.24) is 4.90 Å². The predicted octanol–water partition coefficient (Wildman–Crippen LogP) is 3.22. The first-order chi connectivity index (χ1) is 6.52. The van der Waals surface area contributed by atoms with Crippen LogP contribution in [0.2, 0.25) is 0 Å². The van der Waals surface area contributed by atoms with Gasteiger partial charge in [0.05, 0.1) is 0 Å². The Morgan fingerprint density at radius 1 is 1.00 bits per heavy atom. The van der Waals surface area contributed by atoms with E-state index in [0.29, 0.717) is 11.0 Å². The van der Waals surface area contributed by atoms with Crippen LogP contribution in [-0.2, 0) is 0 Å². The number of rotatable bonds is 0. The zero-order valence-corrected chi connectivity index (χ0v) is 9.84. The molecule has 1 saturated heterocycles. The normalized spacial score (nSPS) is 27.4. The number of allylic oxidation sites excluding steroid dienone is 2. The van der Waals surface area contributed by atoms with Gasteiger partial charge in [0.15, 0.2) is 0 Å². The topological polar surface area (TPSA) is 3.24 Å². The van der Waals surface area contributed by atoms with Gasteiger partial charge in [0, 0.05) is 5.54 Å². The summed E-state index contributed by atoms with van der Waals surface area (Å²) >= 11 is 0. The maximum atomic E-state index is 2.64. The minimum absolute atomic E-state index is 0.369. The summed E-state index contributed by atoms with van der Waals surface area (Å²) in [4.78, 5) is 2.64. The lowest BCUT2D eigenvalue weighted by molar-refractivity contribution is 0.0483. The monoisotopic (exact) mass is 193 g/mol. The van der Waals surface area contributed by atoms with Crippen LogP contribution in [0.15, 0.2) is 12.2 Å². The van der Waals surface area contributed by atoms with E-state index in [4.69, 9.17) is 0 Å². The molecule has 1 heterocycles. The first kappa shape index (κ1) is 10.2. The highest BCUT2D eigenvalue weighted by molar-refractivity contribution is 5.05. The second-order valence-corrected chi connectivity index (χ2v) is 6.04. The fourth-order valence-electron chi connectivity index (χ4n) is 2.81. The Kier molecular flexibility index (Phi) is 2.46. The minimum atomic E-state index is 0.369. The van der Waals surface area contributed by atoms with Crippen molar-refractivity contribution in [3.05, 3.63) is 12.2 Å². The lowest BCUT2D eigenvalue weighted by Gasteiger charge is -2.45. The van der Waals surface area contributed by atoms with Crippen LogP contribution in [0.1, 0.15) is 46.5 Å². The van der Waals surface area contributed by atoms with E-state index in [2.05, 4.69) is 37.8 Å². The number of likely N-dealkylation sites (tertiary alicyclic amines) is 1. The van der Waals surface area contributed by atoms with E-state index in [0.717, 1.165) is 0 Å². The summed E-state index contributed by atoms with van der Waals surface area (Å²) in [5, 5.41) is 0. The minimum Gasteiger partial charge on any atom is -0.298 e. The van der Waals surface area contributed by atoms with Crippen LogP contribution in [0, 0.1) is 5.41 Å². The first-order valence-electron chi connectivity index (χ1n) is 5.92. The van der Waals surface area contributed by atoms with Crippen LogP contribution in [0.3, 0.4) is 0 Å². The van der Waals surface area contributed by atoms with Gasteiger partial charge >= 0.3 is 0 Å². The zero-order valence-electron chi connectivity index (χ0n) is 9.84. The van der Waals surface area contributed by atoms with E-state index in [-0.39, 0.29) is 0 Å². The Labute approximate surface area is 88.2 Å². The van der Waals surface area contributed by atoms with Gasteiger partial charge in [-0.2, -0.15) is 0 Å². The molecule has 1 fully saturated rings. The molecule has 0 atom stereocenters. The van der Waals surface area contributed by atoms with Gasteiger partial charge in [-0.05, 0) is 65.0 Å². The van der Waals surface area contributed by atoms with Crippen molar-refractivity contribution in [2.75, 3.05) is 13.1 Å². The quantitative estimate of drug-likeness (QED) is 0.534. The van der Waals surface area contributed by atoms with E-state index < -0.39 is 0 Å². The molecular weight excluding hydrogens is 170 g/mol. The third-order valence-corrected chi connectivity index (χ3v) is 4.04. The van der Waals surface area contributed by atoms with Crippen LogP contribution in [-0.4, -0.2) is 23.5 Å². The van der Waals surface area contributed by atoms with Gasteiger partial charge in [0.1, 0.15) is 0 Å². The number of nitrogens with zero attached hydrogens (tertiary/aromatic N) is 1. The van der Waals surface area contributed by atoms with Gasteiger partial charge in [0.25, 0.3) is 0 Å². The van der Waals surface area contributed by atoms with Crippen LogP contribution in [0.25, 0.3) is 0 Å². The fourth-order valence-corrected chi connectivity index (χ4v) is 2.81. The lowest BCUT2D eigenvalue weighted by atomic mass is 9.75. The Hall–Kier alpha value is -0.300. The average molecular weight is 193 g/mol. The number of hydrogen-bond donors (Lipinski definition) is 0. The molecule has 1 spiro atoms. The molecule has 2 aliphatic rings. The highest BCUT2D eigenvalue weighted by Crippen LogP contribution is 2.43. The van der Waals surface area contributed by atoms with Gasteiger partial charge in [-0.3, -0.25) is 4.90 Å². The van der Waals surface area contributed by atoms with Crippen molar-refractivity contribution in [2.45, 2.75) is 52.0 Å². The molecule has 0 bridgehead atoms. The third kappa shape index (κ3) is 1.88. The van der Waals surface area contributed by atoms with E-state index in [1.807, 2.05) is 0 Å². The molecule has 0 radical (unpaired) electrons. The smallest absolute Gasteiger partial charge is 0.0125 e. The molecule has 0 amide bonds. The van der Waals surface area contributed by atoms with Gasteiger partial charge in [0.2, 0.25) is 0 Å². The molecular formula is C13H23N. The van der Waals surface area contributed by atoms with Crippen molar-refractivity contribution in [3.8, 4) is 0 Å². The van der Waals surface area contributed by atoms with Crippen molar-refractivity contribution < 1.29 is 0 Å². The maximum Gasteiger partial charge on any atom is 0.0125 e. The maximum absolute atomic E-state index is 2.64. The highest BCUT2D eigenvalue weighted by atomic mass is 15.2. The summed E-state index contributed by atoms with van der Waals surface area (Å²) in [7, 11) is 0. The largest absolute Gasteiger partial charge is 0.298 e. The van der Waals surface area contributed by atoms with E-state index in [1.54, 1.807) is 0 Å². The van der Waals surface area contributed by atoms with Gasteiger partial charge < -0.3 is 0 Å². The van der Waals surface area contributed by atoms with Gasteiger partial charge in [-0.1, -0.05) is 12.2 Å². The van der Waals surface area contributed by atoms with Crippen molar-refractivity contribution in [2.24, 2.45) is 5.41 Å². The number of hydrogen-bond acceptors (Lipinski definition) is 1. The van der Waals surface area contributed by atoms with Crippen LogP contribution >= 0.6 is 0 Å². The molecule has 14 heavy (non-hydrogen) atoms. The molecule has 1 heteroatoms. The molecule has 80 valence electrons. The molecule has 1 aliphatic carbocycles. The Bertz CT molecular complexity index is 216. The SMILES string of the molecule is CC(C)(C)N1CCC2(CC=CC2)CC1. The third-order valence-electron chi connectivity index (χ3n) is 4.04. The number of piperidine rings is 1. The van der Waals surface area contributed by atoms with Crippen LogP contribution in [0.5, 0.6) is 0 Å². The van der Waals surface area contributed by atoms with E-state index in [9.17, 15) is 0 Å². The Balaban J connectivity index is 1.92. The molecule has 0 N–H and O–H groups in total. The zero-order chi connectivity index (χ0) is 10.2. The fraction of sp³-hybridized carbons (Fsp3) is 0.846. The van der Waals surface area contributed by atoms with Crippen molar-refractivity contribution in [3.63, 3.8) is 0 Å². The molecule has 1 aliphatic heterocycles.